The van der Waals surface area contributed by atoms with Crippen molar-refractivity contribution in [3.8, 4) is 0 Å². The van der Waals surface area contributed by atoms with Crippen molar-refractivity contribution >= 4 is 5.97 Å². The zero-order valence-corrected chi connectivity index (χ0v) is 6.72. The van der Waals surface area contributed by atoms with Crippen LogP contribution in [0.4, 0.5) is 0 Å². The third-order valence-corrected chi connectivity index (χ3v) is 2.81. The smallest absolute Gasteiger partial charge is 0.327 e. The second kappa shape index (κ2) is 2.21. The molecule has 0 radical (unpaired) electrons. The second-order valence-electron chi connectivity index (χ2n) is 3.41. The lowest BCUT2D eigenvalue weighted by Gasteiger charge is -2.16. The molecule has 3 heteroatoms. The molecule has 11 heavy (non-hydrogen) atoms. The lowest BCUT2D eigenvalue weighted by atomic mass is 9.89. The van der Waals surface area contributed by atoms with Crippen LogP contribution in [0.3, 0.4) is 0 Å². The minimum Gasteiger partial charge on any atom is -0.468 e. The Labute approximate surface area is 66.1 Å². The van der Waals surface area contributed by atoms with Gasteiger partial charge in [0.15, 0.2) is 0 Å². The Morgan fingerprint density at radius 1 is 1.64 bits per heavy atom. The molecule has 1 aliphatic heterocycles. The van der Waals surface area contributed by atoms with E-state index in [9.17, 15) is 4.79 Å². The minimum atomic E-state index is -0.257. The van der Waals surface area contributed by atoms with Crippen molar-refractivity contribution in [3.63, 3.8) is 0 Å². The molecule has 1 aliphatic carbocycles. The summed E-state index contributed by atoms with van der Waals surface area (Å²) in [6.07, 6.45) is 4.49. The average molecular weight is 155 g/mol. The van der Waals surface area contributed by atoms with E-state index in [0.29, 0.717) is 6.04 Å². The minimum absolute atomic E-state index is 0.0674. The topological polar surface area (TPSA) is 48.2 Å². The second-order valence-corrected chi connectivity index (χ2v) is 3.41. The summed E-state index contributed by atoms with van der Waals surface area (Å²) in [6, 6.07) is 0.420. The fraction of sp³-hybridized carbons (Fsp3) is 0.875. The first kappa shape index (κ1) is 7.10. The Bertz CT molecular complexity index is 193. The predicted molar refractivity (Wildman–Crippen MR) is 40.1 cm³/mol. The standard InChI is InChI=1S/C8H13NO2/c1-11-7(10)8-5-3-2-4-6(8)9-8/h6,9H,2-5H2,1H3/t6-,8-/m0/s1. The summed E-state index contributed by atoms with van der Waals surface area (Å²) >= 11 is 0. The molecule has 1 saturated carbocycles. The van der Waals surface area contributed by atoms with E-state index in [1.807, 2.05) is 0 Å². The highest BCUT2D eigenvalue weighted by atomic mass is 16.5. The summed E-state index contributed by atoms with van der Waals surface area (Å²) in [4.78, 5) is 11.2. The average Bonchev–Trinajstić information content (AvgIpc) is 2.78. The number of hydrogen-bond acceptors (Lipinski definition) is 3. The van der Waals surface area contributed by atoms with Gasteiger partial charge in [-0.05, 0) is 12.8 Å². The third-order valence-electron chi connectivity index (χ3n) is 2.81. The molecule has 1 N–H and O–H groups in total. The highest BCUT2D eigenvalue weighted by Gasteiger charge is 2.61. The first-order chi connectivity index (χ1) is 5.29. The molecule has 62 valence electrons. The van der Waals surface area contributed by atoms with Crippen molar-refractivity contribution in [2.75, 3.05) is 7.11 Å². The van der Waals surface area contributed by atoms with Crippen molar-refractivity contribution in [2.24, 2.45) is 0 Å². The fourth-order valence-electron chi connectivity index (χ4n) is 2.07. The number of carbonyl (C=O) groups is 1. The molecule has 2 aliphatic rings. The summed E-state index contributed by atoms with van der Waals surface area (Å²) < 4.78 is 4.73. The Kier molecular flexibility index (Phi) is 1.42. The van der Waals surface area contributed by atoms with E-state index < -0.39 is 0 Å². The Balaban J connectivity index is 2.07. The van der Waals surface area contributed by atoms with Gasteiger partial charge in [0.05, 0.1) is 7.11 Å². The van der Waals surface area contributed by atoms with Gasteiger partial charge in [0, 0.05) is 6.04 Å². The van der Waals surface area contributed by atoms with Gasteiger partial charge in [-0.3, -0.25) is 5.32 Å². The van der Waals surface area contributed by atoms with E-state index >= 15 is 0 Å². The normalized spacial score (nSPS) is 41.0. The van der Waals surface area contributed by atoms with Gasteiger partial charge in [0.25, 0.3) is 0 Å². The highest BCUT2D eigenvalue weighted by Crippen LogP contribution is 2.40. The van der Waals surface area contributed by atoms with E-state index in [1.165, 1.54) is 13.5 Å². The number of methoxy groups -OCH3 is 1. The molecule has 1 heterocycles. The number of esters is 1. The molecule has 0 spiro atoms. The number of ether oxygens (including phenoxy) is 1. The number of fused-ring (bicyclic) bond motifs is 1. The molecule has 0 aromatic heterocycles. The van der Waals surface area contributed by atoms with Crippen molar-refractivity contribution in [2.45, 2.75) is 37.3 Å². The molecule has 0 aromatic carbocycles. The lowest BCUT2D eigenvalue weighted by molar-refractivity contribution is -0.144. The van der Waals surface area contributed by atoms with Gasteiger partial charge in [0.2, 0.25) is 0 Å². The van der Waals surface area contributed by atoms with Crippen LogP contribution in [0, 0.1) is 0 Å². The van der Waals surface area contributed by atoms with Crippen molar-refractivity contribution < 1.29 is 9.53 Å². The number of nitrogens with one attached hydrogen (secondary N) is 1. The molecule has 3 nitrogen and oxygen atoms in total. The van der Waals surface area contributed by atoms with Gasteiger partial charge in [-0.15, -0.1) is 0 Å². The summed E-state index contributed by atoms with van der Waals surface area (Å²) in [5, 5.41) is 3.22. The maximum Gasteiger partial charge on any atom is 0.327 e. The van der Waals surface area contributed by atoms with Crippen LogP contribution < -0.4 is 5.32 Å². The SMILES string of the molecule is COC(=O)[C@]12CCCC[C@@H]1N2. The first-order valence-electron chi connectivity index (χ1n) is 4.16. The summed E-state index contributed by atoms with van der Waals surface area (Å²) in [7, 11) is 1.46. The quantitative estimate of drug-likeness (QED) is 0.441. The molecule has 0 aromatic rings. The van der Waals surface area contributed by atoms with Crippen LogP contribution in [0.5, 0.6) is 0 Å². The zero-order chi connectivity index (χ0) is 7.90. The Morgan fingerprint density at radius 2 is 2.45 bits per heavy atom. The van der Waals surface area contributed by atoms with Gasteiger partial charge in [-0.25, -0.2) is 4.79 Å². The van der Waals surface area contributed by atoms with Gasteiger partial charge >= 0.3 is 5.97 Å². The van der Waals surface area contributed by atoms with Crippen molar-refractivity contribution in [1.29, 1.82) is 0 Å². The Morgan fingerprint density at radius 3 is 3.09 bits per heavy atom. The van der Waals surface area contributed by atoms with Crippen LogP contribution in [0.1, 0.15) is 25.7 Å². The molecule has 2 atom stereocenters. The molecular formula is C8H13NO2. The van der Waals surface area contributed by atoms with Gasteiger partial charge in [-0.2, -0.15) is 0 Å². The van der Waals surface area contributed by atoms with Crippen LogP contribution in [0.2, 0.25) is 0 Å². The van der Waals surface area contributed by atoms with E-state index in [-0.39, 0.29) is 11.5 Å². The van der Waals surface area contributed by atoms with E-state index in [4.69, 9.17) is 4.74 Å². The molecule has 2 rings (SSSR count). The van der Waals surface area contributed by atoms with Crippen LogP contribution in [0.15, 0.2) is 0 Å². The first-order valence-corrected chi connectivity index (χ1v) is 4.16. The van der Waals surface area contributed by atoms with E-state index in [2.05, 4.69) is 5.32 Å². The predicted octanol–water partition coefficient (Wildman–Crippen LogP) is 0.444. The third kappa shape index (κ3) is 0.872. The van der Waals surface area contributed by atoms with Crippen molar-refractivity contribution in [3.05, 3.63) is 0 Å². The molecule has 0 amide bonds. The van der Waals surface area contributed by atoms with Gasteiger partial charge < -0.3 is 4.74 Å². The molecular weight excluding hydrogens is 142 g/mol. The van der Waals surface area contributed by atoms with Crippen LogP contribution >= 0.6 is 0 Å². The van der Waals surface area contributed by atoms with Crippen LogP contribution in [-0.4, -0.2) is 24.7 Å². The fourth-order valence-corrected chi connectivity index (χ4v) is 2.07. The number of hydrogen-bond donors (Lipinski definition) is 1. The zero-order valence-electron chi connectivity index (χ0n) is 6.72. The van der Waals surface area contributed by atoms with E-state index in [1.54, 1.807) is 0 Å². The van der Waals surface area contributed by atoms with Crippen LogP contribution in [-0.2, 0) is 9.53 Å². The summed E-state index contributed by atoms with van der Waals surface area (Å²) in [6.45, 7) is 0. The summed E-state index contributed by atoms with van der Waals surface area (Å²) in [5.41, 5.74) is -0.257. The summed E-state index contributed by atoms with van der Waals surface area (Å²) in [5.74, 6) is -0.0674. The lowest BCUT2D eigenvalue weighted by Crippen LogP contribution is -2.32. The molecule has 2 fully saturated rings. The van der Waals surface area contributed by atoms with Crippen LogP contribution in [0.25, 0.3) is 0 Å². The maximum atomic E-state index is 11.2. The van der Waals surface area contributed by atoms with Gasteiger partial charge in [-0.1, -0.05) is 12.8 Å². The maximum absolute atomic E-state index is 11.2. The van der Waals surface area contributed by atoms with Gasteiger partial charge in [0.1, 0.15) is 5.54 Å². The largest absolute Gasteiger partial charge is 0.468 e. The Hall–Kier alpha value is -0.570. The number of carbonyl (C=O) groups excluding carboxylic acids is 1. The number of rotatable bonds is 1. The molecule has 0 bridgehead atoms. The molecule has 0 unspecified atom stereocenters. The van der Waals surface area contributed by atoms with E-state index in [0.717, 1.165) is 19.3 Å². The van der Waals surface area contributed by atoms with Crippen molar-refractivity contribution in [1.82, 2.24) is 5.32 Å². The molecule has 1 saturated heterocycles. The highest BCUT2D eigenvalue weighted by molar-refractivity contribution is 5.86. The monoisotopic (exact) mass is 155 g/mol.